The molecule has 1 N–H and O–H groups in total. The summed E-state index contributed by atoms with van der Waals surface area (Å²) in [6.45, 7) is 14.7. The van der Waals surface area contributed by atoms with Crippen molar-refractivity contribution in [2.45, 2.75) is 53.9 Å². The quantitative estimate of drug-likeness (QED) is 0.205. The van der Waals surface area contributed by atoms with Crippen LogP contribution in [-0.2, 0) is 5.41 Å². The number of allylic oxidation sites excluding steroid dienone is 2. The van der Waals surface area contributed by atoms with Crippen molar-refractivity contribution in [1.29, 1.82) is 0 Å². The van der Waals surface area contributed by atoms with Crippen LogP contribution in [0.1, 0.15) is 58.2 Å². The van der Waals surface area contributed by atoms with Crippen molar-refractivity contribution in [2.75, 3.05) is 5.32 Å². The molecular formula is C36H39N3. The van der Waals surface area contributed by atoms with Gasteiger partial charge in [-0.05, 0) is 55.0 Å². The molecule has 0 unspecified atom stereocenters. The highest BCUT2D eigenvalue weighted by molar-refractivity contribution is 6.14. The summed E-state index contributed by atoms with van der Waals surface area (Å²) in [6.07, 6.45) is 7.53. The Bertz CT molecular complexity index is 1560. The fraction of sp³-hybridized carbons (Fsp3) is 0.222. The van der Waals surface area contributed by atoms with E-state index in [1.807, 2.05) is 39.8 Å². The maximum atomic E-state index is 4.50. The fourth-order valence-corrected chi connectivity index (χ4v) is 5.27. The lowest BCUT2D eigenvalue weighted by Crippen LogP contribution is -2.25. The van der Waals surface area contributed by atoms with E-state index in [2.05, 4.69) is 115 Å². The molecule has 1 aliphatic heterocycles. The largest absolute Gasteiger partial charge is 0.355 e. The molecule has 3 nitrogen and oxygen atoms in total. The van der Waals surface area contributed by atoms with Gasteiger partial charge in [-0.2, -0.15) is 0 Å². The highest BCUT2D eigenvalue weighted by atomic mass is 14.9. The zero-order valence-corrected chi connectivity index (χ0v) is 24.2. The number of hydrogen-bond acceptors (Lipinski definition) is 3. The van der Waals surface area contributed by atoms with E-state index in [0.717, 1.165) is 11.4 Å². The Hall–Kier alpha value is -4.24. The number of rotatable bonds is 0. The molecule has 0 saturated carbocycles. The number of aromatic nitrogens is 2. The molecule has 39 heavy (non-hydrogen) atoms. The Morgan fingerprint density at radius 3 is 1.82 bits per heavy atom. The number of fused-ring (bicyclic) bond motifs is 5. The number of benzene rings is 4. The van der Waals surface area contributed by atoms with E-state index in [9.17, 15) is 0 Å². The van der Waals surface area contributed by atoms with Crippen LogP contribution < -0.4 is 5.32 Å². The van der Waals surface area contributed by atoms with Gasteiger partial charge < -0.3 is 5.32 Å². The molecule has 7 rings (SSSR count). The second kappa shape index (κ2) is 12.1. The second-order valence-electron chi connectivity index (χ2n) is 9.92. The van der Waals surface area contributed by atoms with Crippen molar-refractivity contribution in [3.8, 4) is 22.5 Å². The van der Waals surface area contributed by atoms with Gasteiger partial charge in [0.25, 0.3) is 0 Å². The van der Waals surface area contributed by atoms with E-state index in [1.54, 1.807) is 12.4 Å². The summed E-state index contributed by atoms with van der Waals surface area (Å²) in [5.41, 5.74) is 11.0. The maximum Gasteiger partial charge on any atom is 0.0974 e. The number of aryl methyl sites for hydroxylation is 1. The third-order valence-electron chi connectivity index (χ3n) is 7.25. The van der Waals surface area contributed by atoms with Crippen LogP contribution in [0.15, 0.2) is 103 Å². The van der Waals surface area contributed by atoms with Gasteiger partial charge in [-0.15, -0.1) is 0 Å². The predicted molar refractivity (Wildman–Crippen MR) is 169 cm³/mol. The minimum atomic E-state index is 0.0818. The molecule has 5 aromatic rings. The minimum absolute atomic E-state index is 0.0818. The molecular weight excluding hydrogens is 474 g/mol. The van der Waals surface area contributed by atoms with Crippen LogP contribution >= 0.6 is 0 Å². The first kappa shape index (κ1) is 27.8. The van der Waals surface area contributed by atoms with Crippen molar-refractivity contribution < 1.29 is 0 Å². The van der Waals surface area contributed by atoms with Crippen molar-refractivity contribution in [3.63, 3.8) is 0 Å². The Balaban J connectivity index is 0.000000152. The Labute approximate surface area is 233 Å². The van der Waals surface area contributed by atoms with Crippen molar-refractivity contribution in [1.82, 2.24) is 9.97 Å². The van der Waals surface area contributed by atoms with Crippen LogP contribution in [0.3, 0.4) is 0 Å². The highest BCUT2D eigenvalue weighted by Crippen LogP contribution is 2.46. The lowest BCUT2D eigenvalue weighted by molar-refractivity contribution is 0.638. The molecule has 0 spiro atoms. The first-order chi connectivity index (χ1) is 19.0. The Morgan fingerprint density at radius 1 is 0.667 bits per heavy atom. The zero-order valence-electron chi connectivity index (χ0n) is 24.2. The van der Waals surface area contributed by atoms with Crippen molar-refractivity contribution in [3.05, 3.63) is 120 Å². The average molecular weight is 514 g/mol. The third kappa shape index (κ3) is 5.22. The van der Waals surface area contributed by atoms with Gasteiger partial charge in [0, 0.05) is 45.7 Å². The molecule has 2 heterocycles. The molecule has 198 valence electrons. The molecule has 2 aliphatic rings. The van der Waals surface area contributed by atoms with E-state index < -0.39 is 0 Å². The standard InChI is InChI=1S/C15H10N2.C15H15N.C4H8.C2H6/c1-9-5-6-10-3-2-4-11-13(10)12(9)15-14(11)16-7-8-17-15;1-15(2)11-7-3-5-9-13(11)16-14-10-6-4-8-12(14)15;1-3-4-2;1-2/h2-8H,1H3;3-10,16H,1-2H3;3-4H,1-2H3;1-2H3/b;;4-3-;. The maximum absolute atomic E-state index is 4.50. The monoisotopic (exact) mass is 513 g/mol. The summed E-state index contributed by atoms with van der Waals surface area (Å²) in [7, 11) is 0. The van der Waals surface area contributed by atoms with Crippen LogP contribution in [0.4, 0.5) is 11.4 Å². The second-order valence-corrected chi connectivity index (χ2v) is 9.92. The summed E-state index contributed by atoms with van der Waals surface area (Å²) >= 11 is 0. The van der Waals surface area contributed by atoms with Crippen LogP contribution in [0.2, 0.25) is 0 Å². The van der Waals surface area contributed by atoms with Gasteiger partial charge >= 0.3 is 0 Å². The SMILES string of the molecule is C/C=C\C.CC.CC1(C)c2ccccc2Nc2ccccc21.Cc1ccc2cccc3c2c1-c1nccnc1-3. The fourth-order valence-electron chi connectivity index (χ4n) is 5.27. The summed E-state index contributed by atoms with van der Waals surface area (Å²) in [6, 6.07) is 27.8. The topological polar surface area (TPSA) is 37.8 Å². The molecule has 0 fully saturated rings. The van der Waals surface area contributed by atoms with E-state index in [0.29, 0.717) is 0 Å². The predicted octanol–water partition coefficient (Wildman–Crippen LogP) is 10.3. The van der Waals surface area contributed by atoms with Gasteiger partial charge in [-0.1, -0.05) is 107 Å². The highest BCUT2D eigenvalue weighted by Gasteiger charge is 2.31. The molecule has 0 saturated heterocycles. The number of para-hydroxylation sites is 2. The van der Waals surface area contributed by atoms with Gasteiger partial charge in [-0.25, -0.2) is 0 Å². The average Bonchev–Trinajstić information content (AvgIpc) is 3.33. The van der Waals surface area contributed by atoms with Crippen LogP contribution in [0, 0.1) is 6.92 Å². The van der Waals surface area contributed by atoms with Crippen LogP contribution in [0.25, 0.3) is 33.3 Å². The normalized spacial score (nSPS) is 12.8. The van der Waals surface area contributed by atoms with E-state index >= 15 is 0 Å². The van der Waals surface area contributed by atoms with Crippen molar-refractivity contribution >= 4 is 22.1 Å². The Morgan fingerprint density at radius 2 is 1.23 bits per heavy atom. The lowest BCUT2D eigenvalue weighted by Gasteiger charge is -2.35. The summed E-state index contributed by atoms with van der Waals surface area (Å²) < 4.78 is 0. The molecule has 4 aromatic carbocycles. The van der Waals surface area contributed by atoms with Gasteiger partial charge in [0.15, 0.2) is 0 Å². The van der Waals surface area contributed by atoms with E-state index in [1.165, 1.54) is 50.0 Å². The van der Waals surface area contributed by atoms with E-state index in [4.69, 9.17) is 0 Å². The van der Waals surface area contributed by atoms with Crippen molar-refractivity contribution in [2.24, 2.45) is 0 Å². The van der Waals surface area contributed by atoms with Gasteiger partial charge in [0.1, 0.15) is 0 Å². The molecule has 1 aliphatic carbocycles. The third-order valence-corrected chi connectivity index (χ3v) is 7.25. The van der Waals surface area contributed by atoms with Gasteiger partial charge in [0.05, 0.1) is 11.4 Å². The van der Waals surface area contributed by atoms with Gasteiger partial charge in [0.2, 0.25) is 0 Å². The molecule has 0 bridgehead atoms. The zero-order chi connectivity index (χ0) is 28.0. The summed E-state index contributed by atoms with van der Waals surface area (Å²) in [5.74, 6) is 0. The number of nitrogens with zero attached hydrogens (tertiary/aromatic N) is 2. The molecule has 3 heteroatoms. The smallest absolute Gasteiger partial charge is 0.0974 e. The summed E-state index contributed by atoms with van der Waals surface area (Å²) in [5, 5.41) is 6.06. The van der Waals surface area contributed by atoms with E-state index in [-0.39, 0.29) is 5.41 Å². The lowest BCUT2D eigenvalue weighted by atomic mass is 9.74. The number of anilines is 2. The number of nitrogens with one attached hydrogen (secondary N) is 1. The Kier molecular flexibility index (Phi) is 8.61. The molecule has 0 radical (unpaired) electrons. The minimum Gasteiger partial charge on any atom is -0.355 e. The molecule has 1 aromatic heterocycles. The summed E-state index contributed by atoms with van der Waals surface area (Å²) in [4.78, 5) is 8.98. The van der Waals surface area contributed by atoms with Crippen LogP contribution in [0.5, 0.6) is 0 Å². The van der Waals surface area contributed by atoms with Gasteiger partial charge in [-0.3, -0.25) is 9.97 Å². The molecule has 0 atom stereocenters. The first-order valence-corrected chi connectivity index (χ1v) is 13.8. The molecule has 0 amide bonds. The number of hydrogen-bond donors (Lipinski definition) is 1. The first-order valence-electron chi connectivity index (χ1n) is 13.8. The van der Waals surface area contributed by atoms with Crippen LogP contribution in [-0.4, -0.2) is 9.97 Å².